The van der Waals surface area contributed by atoms with Gasteiger partial charge >= 0.3 is 0 Å². The van der Waals surface area contributed by atoms with Crippen molar-refractivity contribution >= 4 is 20.0 Å². The Kier molecular flexibility index (Phi) is 8.20. The smallest absolute Gasteiger partial charge is 0.247 e. The van der Waals surface area contributed by atoms with Crippen LogP contribution in [0.4, 0.5) is 0 Å². The first-order valence-corrected chi connectivity index (χ1v) is 14.6. The van der Waals surface area contributed by atoms with Crippen LogP contribution in [-0.2, 0) is 20.0 Å². The topological polar surface area (TPSA) is 93.2 Å². The van der Waals surface area contributed by atoms with Gasteiger partial charge in [0.15, 0.2) is 0 Å². The maximum Gasteiger partial charge on any atom is 0.247 e. The fourth-order valence-electron chi connectivity index (χ4n) is 4.26. The van der Waals surface area contributed by atoms with Crippen molar-refractivity contribution in [1.82, 2.24) is 8.61 Å². The Morgan fingerprint density at radius 1 is 0.771 bits per heavy atom. The van der Waals surface area contributed by atoms with Crippen LogP contribution in [0.3, 0.4) is 0 Å². The van der Waals surface area contributed by atoms with E-state index in [0.29, 0.717) is 0 Å². The lowest BCUT2D eigenvalue weighted by atomic mass is 10.0. The fraction of sp³-hybridized carbons (Fsp3) is 0.520. The highest BCUT2D eigenvalue weighted by Crippen LogP contribution is 2.34. The van der Waals surface area contributed by atoms with Crippen LogP contribution in [0, 0.1) is 0 Å². The number of nitrogens with zero attached hydrogens (tertiary/aromatic N) is 2. The van der Waals surface area contributed by atoms with E-state index in [2.05, 4.69) is 0 Å². The summed E-state index contributed by atoms with van der Waals surface area (Å²) in [7, 11) is -4.93. The Bertz CT molecular complexity index is 1270. The first-order chi connectivity index (χ1) is 16.3. The number of hydrogen-bond acceptors (Lipinski definition) is 6. The molecule has 0 radical (unpaired) electrons. The molecule has 2 aromatic rings. The van der Waals surface area contributed by atoms with E-state index in [-0.39, 0.29) is 52.8 Å². The number of ether oxygens (including phenoxy) is 2. The molecule has 1 aliphatic heterocycles. The molecule has 0 unspecified atom stereocenters. The van der Waals surface area contributed by atoms with E-state index in [1.54, 1.807) is 31.2 Å². The first kappa shape index (κ1) is 27.4. The van der Waals surface area contributed by atoms with E-state index in [0.717, 1.165) is 11.1 Å². The average molecular weight is 525 g/mol. The molecule has 1 fully saturated rings. The molecule has 3 rings (SSSR count). The molecular weight excluding hydrogens is 488 g/mol. The van der Waals surface area contributed by atoms with Gasteiger partial charge in [0.05, 0.1) is 14.2 Å². The molecule has 1 saturated heterocycles. The molecule has 0 aromatic heterocycles. The van der Waals surface area contributed by atoms with Crippen LogP contribution < -0.4 is 9.47 Å². The molecule has 0 spiro atoms. The zero-order chi connectivity index (χ0) is 26.1. The highest BCUT2D eigenvalue weighted by Gasteiger charge is 2.40. The number of benzene rings is 2. The average Bonchev–Trinajstić information content (AvgIpc) is 2.82. The Balaban J connectivity index is 1.93. The van der Waals surface area contributed by atoms with Gasteiger partial charge in [0.25, 0.3) is 0 Å². The minimum Gasteiger partial charge on any atom is -0.495 e. The van der Waals surface area contributed by atoms with Crippen LogP contribution in [0.2, 0.25) is 0 Å². The Labute approximate surface area is 209 Å². The lowest BCUT2D eigenvalue weighted by Crippen LogP contribution is -2.55. The summed E-state index contributed by atoms with van der Waals surface area (Å²) >= 11 is 0. The normalized spacial score (nSPS) is 18.3. The minimum atomic E-state index is -3.91. The summed E-state index contributed by atoms with van der Waals surface area (Å²) in [5, 5.41) is 0. The summed E-state index contributed by atoms with van der Waals surface area (Å²) in [6.45, 7) is 9.79. The van der Waals surface area contributed by atoms with E-state index in [4.69, 9.17) is 9.47 Å². The second kappa shape index (κ2) is 10.5. The lowest BCUT2D eigenvalue weighted by molar-refractivity contribution is 0.212. The molecule has 1 aliphatic rings. The maximum atomic E-state index is 13.7. The quantitative estimate of drug-likeness (QED) is 0.518. The van der Waals surface area contributed by atoms with Gasteiger partial charge in [-0.25, -0.2) is 16.8 Å². The predicted molar refractivity (Wildman–Crippen MR) is 136 cm³/mol. The van der Waals surface area contributed by atoms with Crippen molar-refractivity contribution in [1.29, 1.82) is 0 Å². The largest absolute Gasteiger partial charge is 0.495 e. The highest BCUT2D eigenvalue weighted by molar-refractivity contribution is 7.89. The van der Waals surface area contributed by atoms with Crippen LogP contribution in [0.1, 0.15) is 57.6 Å². The van der Waals surface area contributed by atoms with Gasteiger partial charge in [-0.3, -0.25) is 0 Å². The van der Waals surface area contributed by atoms with E-state index >= 15 is 0 Å². The molecule has 0 saturated carbocycles. The summed E-state index contributed by atoms with van der Waals surface area (Å²) < 4.78 is 67.9. The van der Waals surface area contributed by atoms with Crippen LogP contribution in [0.5, 0.6) is 11.5 Å². The van der Waals surface area contributed by atoms with Gasteiger partial charge in [0.1, 0.15) is 21.3 Å². The molecule has 2 aromatic carbocycles. The second-order valence-corrected chi connectivity index (χ2v) is 13.2. The van der Waals surface area contributed by atoms with E-state index in [1.165, 1.54) is 22.8 Å². The van der Waals surface area contributed by atoms with Gasteiger partial charge in [-0.2, -0.15) is 8.61 Å². The molecule has 0 bridgehead atoms. The van der Waals surface area contributed by atoms with Crippen molar-refractivity contribution in [3.63, 3.8) is 0 Å². The fourth-order valence-corrected chi connectivity index (χ4v) is 7.76. The van der Waals surface area contributed by atoms with E-state index in [1.807, 2.05) is 39.8 Å². The van der Waals surface area contributed by atoms with Gasteiger partial charge in [0.2, 0.25) is 20.0 Å². The summed E-state index contributed by atoms with van der Waals surface area (Å²) in [5.41, 5.74) is 1.77. The van der Waals surface area contributed by atoms with Gasteiger partial charge < -0.3 is 9.47 Å². The molecule has 194 valence electrons. The molecular formula is C25H36N2O6S2. The van der Waals surface area contributed by atoms with Crippen molar-refractivity contribution < 1.29 is 26.3 Å². The van der Waals surface area contributed by atoms with Crippen LogP contribution in [-0.4, -0.2) is 65.3 Å². The number of methoxy groups -OCH3 is 2. The maximum absolute atomic E-state index is 13.7. The third-order valence-electron chi connectivity index (χ3n) is 6.44. The van der Waals surface area contributed by atoms with Crippen molar-refractivity contribution in [2.75, 3.05) is 33.9 Å². The zero-order valence-electron chi connectivity index (χ0n) is 21.5. The number of rotatable bonds is 8. The summed E-state index contributed by atoms with van der Waals surface area (Å²) in [5.74, 6) is 0.831. The van der Waals surface area contributed by atoms with Crippen LogP contribution in [0.25, 0.3) is 0 Å². The Morgan fingerprint density at radius 2 is 1.23 bits per heavy atom. The third-order valence-corrected chi connectivity index (χ3v) is 10.4. The molecule has 1 heterocycles. The highest BCUT2D eigenvalue weighted by atomic mass is 32.2. The molecule has 35 heavy (non-hydrogen) atoms. The van der Waals surface area contributed by atoms with Gasteiger partial charge in [-0.05, 0) is 54.2 Å². The predicted octanol–water partition coefficient (Wildman–Crippen LogP) is 4.03. The van der Waals surface area contributed by atoms with Gasteiger partial charge in [0, 0.05) is 25.7 Å². The van der Waals surface area contributed by atoms with Crippen molar-refractivity contribution in [2.45, 2.75) is 62.3 Å². The Morgan fingerprint density at radius 3 is 1.63 bits per heavy atom. The minimum absolute atomic E-state index is 0.0306. The van der Waals surface area contributed by atoms with Crippen LogP contribution in [0.15, 0.2) is 46.2 Å². The van der Waals surface area contributed by atoms with Crippen molar-refractivity contribution in [2.24, 2.45) is 0 Å². The Hall–Kier alpha value is -2.14. The van der Waals surface area contributed by atoms with E-state index in [9.17, 15) is 16.8 Å². The van der Waals surface area contributed by atoms with Crippen molar-refractivity contribution in [3.8, 4) is 11.5 Å². The molecule has 1 atom stereocenters. The number of hydrogen-bond donors (Lipinski definition) is 0. The molecule has 0 aliphatic carbocycles. The van der Waals surface area contributed by atoms with E-state index < -0.39 is 26.1 Å². The number of piperazine rings is 1. The first-order valence-electron chi connectivity index (χ1n) is 11.7. The molecule has 8 nitrogen and oxygen atoms in total. The molecule has 0 amide bonds. The van der Waals surface area contributed by atoms with Gasteiger partial charge in [-0.1, -0.05) is 39.8 Å². The number of sulfonamides is 2. The zero-order valence-corrected chi connectivity index (χ0v) is 23.1. The summed E-state index contributed by atoms with van der Waals surface area (Å²) in [6.07, 6.45) is 0. The third kappa shape index (κ3) is 5.35. The molecule has 0 N–H and O–H groups in total. The SMILES string of the molecule is COc1ccc(C(C)C)cc1S(=O)(=O)N1CCN(S(=O)(=O)c2cc(C(C)C)ccc2OC)[C@@H](C)C1. The van der Waals surface area contributed by atoms with Crippen LogP contribution >= 0.6 is 0 Å². The van der Waals surface area contributed by atoms with Gasteiger partial charge in [-0.15, -0.1) is 0 Å². The monoisotopic (exact) mass is 524 g/mol. The standard InChI is InChI=1S/C25H36N2O6S2/c1-17(2)20-8-10-22(32-6)24(14-20)34(28,29)26-12-13-27(19(5)16-26)35(30,31)25-15-21(18(3)4)9-11-23(25)33-7/h8-11,14-15,17-19H,12-13,16H2,1-7H3/t19-/m0/s1. The lowest BCUT2D eigenvalue weighted by Gasteiger charge is -2.38. The molecule has 10 heteroatoms. The van der Waals surface area contributed by atoms with Crippen molar-refractivity contribution in [3.05, 3.63) is 47.5 Å². The summed E-state index contributed by atoms with van der Waals surface area (Å²) in [4.78, 5) is 0.196. The second-order valence-electron chi connectivity index (χ2n) is 9.46. The summed E-state index contributed by atoms with van der Waals surface area (Å²) in [6, 6.07) is 9.77.